The molecule has 15 heavy (non-hydrogen) atoms. The maximum atomic E-state index is 11.7. The Balaban J connectivity index is 2.62. The van der Waals surface area contributed by atoms with Crippen molar-refractivity contribution in [2.45, 2.75) is 20.8 Å². The zero-order valence-corrected chi connectivity index (χ0v) is 9.37. The molecular weight excluding hydrogens is 192 g/mol. The summed E-state index contributed by atoms with van der Waals surface area (Å²) in [7, 11) is 0. The summed E-state index contributed by atoms with van der Waals surface area (Å²) in [4.78, 5) is 11.7. The number of amides is 1. The number of nitrogens with zero attached hydrogens (tertiary/aromatic N) is 1. The zero-order chi connectivity index (χ0) is 11.4. The predicted octanol–water partition coefficient (Wildman–Crippen LogP) is 0.888. The standard InChI is InChI=1S/C10H18N4O/c1-6(2)8(5-11)10(15)12-9-4-7(3)13-14-9/h4,6,8H,5,11H2,1-3H3,(H2,12,13,14,15). The summed E-state index contributed by atoms with van der Waals surface area (Å²) in [6.45, 7) is 6.19. The lowest BCUT2D eigenvalue weighted by atomic mass is 9.95. The minimum atomic E-state index is -0.165. The van der Waals surface area contributed by atoms with Crippen LogP contribution < -0.4 is 11.1 Å². The molecule has 0 spiro atoms. The first kappa shape index (κ1) is 11.7. The van der Waals surface area contributed by atoms with Crippen LogP contribution in [0.25, 0.3) is 0 Å². The molecule has 0 saturated heterocycles. The maximum absolute atomic E-state index is 11.7. The maximum Gasteiger partial charge on any atom is 0.230 e. The van der Waals surface area contributed by atoms with Crippen molar-refractivity contribution >= 4 is 11.7 Å². The molecule has 0 aliphatic heterocycles. The summed E-state index contributed by atoms with van der Waals surface area (Å²) in [5.41, 5.74) is 6.46. The number of nitrogens with two attached hydrogens (primary N) is 1. The quantitative estimate of drug-likeness (QED) is 0.690. The third kappa shape index (κ3) is 3.06. The Morgan fingerprint density at radius 1 is 1.67 bits per heavy atom. The van der Waals surface area contributed by atoms with E-state index in [0.29, 0.717) is 12.4 Å². The topological polar surface area (TPSA) is 83.8 Å². The van der Waals surface area contributed by atoms with Crippen molar-refractivity contribution < 1.29 is 4.79 Å². The second kappa shape index (κ2) is 4.93. The Morgan fingerprint density at radius 2 is 2.33 bits per heavy atom. The highest BCUT2D eigenvalue weighted by Gasteiger charge is 2.20. The number of carbonyl (C=O) groups excluding carboxylic acids is 1. The number of nitrogens with one attached hydrogen (secondary N) is 2. The number of hydrogen-bond acceptors (Lipinski definition) is 3. The molecule has 1 aromatic heterocycles. The van der Waals surface area contributed by atoms with Crippen molar-refractivity contribution in [1.29, 1.82) is 0 Å². The van der Waals surface area contributed by atoms with Crippen LogP contribution in [-0.2, 0) is 4.79 Å². The second-order valence-electron chi connectivity index (χ2n) is 4.01. The number of rotatable bonds is 4. The smallest absolute Gasteiger partial charge is 0.230 e. The Kier molecular flexibility index (Phi) is 3.85. The molecule has 0 aliphatic rings. The van der Waals surface area contributed by atoms with Crippen LogP contribution >= 0.6 is 0 Å². The number of aryl methyl sites for hydroxylation is 1. The molecule has 1 unspecified atom stereocenters. The Bertz CT molecular complexity index is 332. The summed E-state index contributed by atoms with van der Waals surface area (Å²) in [6, 6.07) is 1.78. The highest BCUT2D eigenvalue weighted by atomic mass is 16.2. The molecule has 4 N–H and O–H groups in total. The van der Waals surface area contributed by atoms with Gasteiger partial charge in [0.1, 0.15) is 0 Å². The largest absolute Gasteiger partial charge is 0.330 e. The lowest BCUT2D eigenvalue weighted by molar-refractivity contribution is -0.120. The molecule has 0 bridgehead atoms. The van der Waals surface area contributed by atoms with Crippen molar-refractivity contribution in [3.63, 3.8) is 0 Å². The van der Waals surface area contributed by atoms with Gasteiger partial charge in [0, 0.05) is 18.3 Å². The van der Waals surface area contributed by atoms with Gasteiger partial charge in [0.05, 0.1) is 5.92 Å². The van der Waals surface area contributed by atoms with E-state index in [-0.39, 0.29) is 17.7 Å². The van der Waals surface area contributed by atoms with Crippen molar-refractivity contribution in [2.75, 3.05) is 11.9 Å². The van der Waals surface area contributed by atoms with Gasteiger partial charge in [-0.05, 0) is 12.8 Å². The number of hydrogen-bond donors (Lipinski definition) is 3. The molecule has 1 atom stereocenters. The molecule has 1 aromatic rings. The van der Waals surface area contributed by atoms with Crippen molar-refractivity contribution in [3.05, 3.63) is 11.8 Å². The van der Waals surface area contributed by atoms with Crippen molar-refractivity contribution in [3.8, 4) is 0 Å². The first-order valence-corrected chi connectivity index (χ1v) is 5.07. The monoisotopic (exact) mass is 210 g/mol. The number of H-pyrrole nitrogens is 1. The number of carbonyl (C=O) groups is 1. The minimum Gasteiger partial charge on any atom is -0.330 e. The van der Waals surface area contributed by atoms with Gasteiger partial charge in [-0.3, -0.25) is 9.89 Å². The van der Waals surface area contributed by atoms with E-state index < -0.39 is 0 Å². The molecule has 0 aliphatic carbocycles. The first-order valence-electron chi connectivity index (χ1n) is 5.07. The first-order chi connectivity index (χ1) is 7.04. The predicted molar refractivity (Wildman–Crippen MR) is 59.3 cm³/mol. The van der Waals surface area contributed by atoms with E-state index in [1.54, 1.807) is 6.07 Å². The summed E-state index contributed by atoms with van der Waals surface area (Å²) < 4.78 is 0. The zero-order valence-electron chi connectivity index (χ0n) is 9.37. The number of aromatic nitrogens is 2. The van der Waals surface area contributed by atoms with Crippen LogP contribution in [0.5, 0.6) is 0 Å². The minimum absolute atomic E-state index is 0.0704. The average molecular weight is 210 g/mol. The lowest BCUT2D eigenvalue weighted by Gasteiger charge is -2.17. The summed E-state index contributed by atoms with van der Waals surface area (Å²) >= 11 is 0. The molecule has 1 amide bonds. The third-order valence-corrected chi connectivity index (χ3v) is 2.35. The van der Waals surface area contributed by atoms with E-state index in [0.717, 1.165) is 5.69 Å². The molecule has 1 heterocycles. The Morgan fingerprint density at radius 3 is 2.73 bits per heavy atom. The highest BCUT2D eigenvalue weighted by Crippen LogP contribution is 2.12. The average Bonchev–Trinajstić information content (AvgIpc) is 2.51. The Labute approximate surface area is 89.4 Å². The fourth-order valence-corrected chi connectivity index (χ4v) is 1.38. The molecule has 5 nitrogen and oxygen atoms in total. The van der Waals surface area contributed by atoms with Gasteiger partial charge >= 0.3 is 0 Å². The third-order valence-electron chi connectivity index (χ3n) is 2.35. The van der Waals surface area contributed by atoms with Gasteiger partial charge in [0.25, 0.3) is 0 Å². The molecule has 0 aromatic carbocycles. The van der Waals surface area contributed by atoms with Crippen LogP contribution in [0.4, 0.5) is 5.82 Å². The van der Waals surface area contributed by atoms with Crippen molar-refractivity contribution in [1.82, 2.24) is 10.2 Å². The van der Waals surface area contributed by atoms with Crippen LogP contribution in [0.3, 0.4) is 0 Å². The van der Waals surface area contributed by atoms with Gasteiger partial charge in [0.2, 0.25) is 5.91 Å². The van der Waals surface area contributed by atoms with E-state index in [1.807, 2.05) is 20.8 Å². The van der Waals surface area contributed by atoms with Gasteiger partial charge in [0.15, 0.2) is 5.82 Å². The van der Waals surface area contributed by atoms with E-state index in [9.17, 15) is 4.79 Å². The van der Waals surface area contributed by atoms with Crippen LogP contribution in [0.15, 0.2) is 6.07 Å². The summed E-state index contributed by atoms with van der Waals surface area (Å²) in [5.74, 6) is 0.549. The van der Waals surface area contributed by atoms with E-state index in [2.05, 4.69) is 15.5 Å². The summed E-state index contributed by atoms with van der Waals surface area (Å²) in [6.07, 6.45) is 0. The van der Waals surface area contributed by atoms with E-state index in [1.165, 1.54) is 0 Å². The highest BCUT2D eigenvalue weighted by molar-refractivity contribution is 5.92. The number of anilines is 1. The van der Waals surface area contributed by atoms with Crippen molar-refractivity contribution in [2.24, 2.45) is 17.6 Å². The van der Waals surface area contributed by atoms with Crippen LogP contribution in [-0.4, -0.2) is 22.6 Å². The van der Waals surface area contributed by atoms with Gasteiger partial charge < -0.3 is 11.1 Å². The molecule has 5 heteroatoms. The molecule has 1 rings (SSSR count). The molecule has 84 valence electrons. The number of aromatic amines is 1. The normalized spacial score (nSPS) is 12.9. The molecular formula is C10H18N4O. The lowest BCUT2D eigenvalue weighted by Crippen LogP contribution is -2.33. The van der Waals surface area contributed by atoms with E-state index in [4.69, 9.17) is 5.73 Å². The fourth-order valence-electron chi connectivity index (χ4n) is 1.38. The van der Waals surface area contributed by atoms with Gasteiger partial charge in [-0.15, -0.1) is 0 Å². The fraction of sp³-hybridized carbons (Fsp3) is 0.600. The van der Waals surface area contributed by atoms with Crippen LogP contribution in [0.2, 0.25) is 0 Å². The Hall–Kier alpha value is -1.36. The van der Waals surface area contributed by atoms with Gasteiger partial charge in [-0.25, -0.2) is 0 Å². The van der Waals surface area contributed by atoms with E-state index >= 15 is 0 Å². The van der Waals surface area contributed by atoms with Gasteiger partial charge in [-0.1, -0.05) is 13.8 Å². The molecule has 0 fully saturated rings. The van der Waals surface area contributed by atoms with Gasteiger partial charge in [-0.2, -0.15) is 5.10 Å². The molecule has 0 radical (unpaired) electrons. The molecule has 0 saturated carbocycles. The summed E-state index contributed by atoms with van der Waals surface area (Å²) in [5, 5.41) is 9.43. The van der Waals surface area contributed by atoms with Crippen LogP contribution in [0, 0.1) is 18.8 Å². The van der Waals surface area contributed by atoms with Crippen LogP contribution in [0.1, 0.15) is 19.5 Å². The SMILES string of the molecule is Cc1cc(NC(=O)C(CN)C(C)C)n[nH]1. The second-order valence-corrected chi connectivity index (χ2v) is 4.01.